The molecule has 0 unspecified atom stereocenters. The maximum absolute atomic E-state index is 13.0. The Balaban J connectivity index is 2.08. The van der Waals surface area contributed by atoms with Gasteiger partial charge in [0.1, 0.15) is 10.5 Å². The second-order valence-corrected chi connectivity index (χ2v) is 7.02. The Kier molecular flexibility index (Phi) is 4.32. The quantitative estimate of drug-likeness (QED) is 0.692. The van der Waals surface area contributed by atoms with Crippen LogP contribution in [-0.2, 0) is 0 Å². The molecule has 0 radical (unpaired) electrons. The van der Waals surface area contributed by atoms with Crippen LogP contribution in [-0.4, -0.2) is 14.5 Å². The summed E-state index contributed by atoms with van der Waals surface area (Å²) in [4.78, 5) is 20.9. The van der Waals surface area contributed by atoms with Crippen LogP contribution in [0.4, 0.5) is 0 Å². The molecule has 3 aromatic heterocycles. The first-order valence-electron chi connectivity index (χ1n) is 8.23. The topological polar surface area (TPSA) is 121 Å². The molecule has 3 aromatic rings. The van der Waals surface area contributed by atoms with E-state index < -0.39 is 5.92 Å². The Hall–Kier alpha value is -4.01. The van der Waals surface area contributed by atoms with Gasteiger partial charge in [-0.2, -0.15) is 10.5 Å². The fourth-order valence-corrected chi connectivity index (χ4v) is 4.28. The lowest BCUT2D eigenvalue weighted by Crippen LogP contribution is -2.38. The normalized spacial score (nSPS) is 16.4. The number of nitrogens with zero attached hydrogens (tertiary/aromatic N) is 5. The number of allylic oxidation sites excluding steroid dienone is 1. The molecule has 0 aromatic carbocycles. The van der Waals surface area contributed by atoms with Gasteiger partial charge in [0.05, 0.1) is 33.7 Å². The number of aromatic nitrogens is 3. The van der Waals surface area contributed by atoms with Crippen molar-refractivity contribution in [3.8, 4) is 12.1 Å². The van der Waals surface area contributed by atoms with E-state index in [1.807, 2.05) is 0 Å². The molecule has 0 amide bonds. The van der Waals surface area contributed by atoms with E-state index >= 15 is 0 Å². The lowest BCUT2D eigenvalue weighted by molar-refractivity contribution is 0.904. The van der Waals surface area contributed by atoms with Crippen LogP contribution >= 0.6 is 11.3 Å². The summed E-state index contributed by atoms with van der Waals surface area (Å²) in [5.41, 5.74) is 7.87. The minimum atomic E-state index is -0.634. The number of fused-ring (bicyclic) bond motifs is 1. The molecule has 8 heteroatoms. The summed E-state index contributed by atoms with van der Waals surface area (Å²) in [6, 6.07) is 11.3. The van der Waals surface area contributed by atoms with Gasteiger partial charge in [-0.15, -0.1) is 11.3 Å². The van der Waals surface area contributed by atoms with Crippen molar-refractivity contribution in [2.24, 2.45) is 5.73 Å². The van der Waals surface area contributed by atoms with E-state index in [1.165, 1.54) is 15.9 Å². The van der Waals surface area contributed by atoms with Crippen LogP contribution in [0.2, 0.25) is 0 Å². The molecule has 134 valence electrons. The van der Waals surface area contributed by atoms with Crippen molar-refractivity contribution < 1.29 is 0 Å². The highest BCUT2D eigenvalue weighted by Crippen LogP contribution is 2.34. The third-order valence-electron chi connectivity index (χ3n) is 4.43. The summed E-state index contributed by atoms with van der Waals surface area (Å²) in [5, 5.41) is 19.6. The Morgan fingerprint density at radius 3 is 2.25 bits per heavy atom. The monoisotopic (exact) mass is 384 g/mol. The minimum absolute atomic E-state index is 0.0499. The Bertz CT molecular complexity index is 1350. The fourth-order valence-electron chi connectivity index (χ4n) is 3.15. The second-order valence-electron chi connectivity index (χ2n) is 5.99. The van der Waals surface area contributed by atoms with E-state index in [-0.39, 0.29) is 17.0 Å². The minimum Gasteiger partial charge on any atom is -0.384 e. The van der Waals surface area contributed by atoms with Crippen molar-refractivity contribution in [1.82, 2.24) is 14.5 Å². The smallest absolute Gasteiger partial charge is 0.274 e. The summed E-state index contributed by atoms with van der Waals surface area (Å²) < 4.78 is 2.11. The van der Waals surface area contributed by atoms with Crippen LogP contribution in [0.3, 0.4) is 0 Å². The zero-order valence-electron chi connectivity index (χ0n) is 14.4. The van der Waals surface area contributed by atoms with E-state index in [1.54, 1.807) is 55.1 Å². The lowest BCUT2D eigenvalue weighted by Gasteiger charge is -2.22. The molecule has 2 N–H and O–H groups in total. The number of nitriles is 2. The number of nitrogens with two attached hydrogens (primary N) is 1. The summed E-state index contributed by atoms with van der Waals surface area (Å²) in [5.74, 6) is -0.584. The molecule has 0 spiro atoms. The number of hydrogen-bond acceptors (Lipinski definition) is 7. The van der Waals surface area contributed by atoms with Crippen molar-refractivity contribution in [2.45, 2.75) is 5.92 Å². The molecule has 0 saturated carbocycles. The van der Waals surface area contributed by atoms with E-state index in [0.29, 0.717) is 14.8 Å². The maximum atomic E-state index is 13.0. The molecular formula is C20H12N6OS. The van der Waals surface area contributed by atoms with Crippen molar-refractivity contribution in [3.63, 3.8) is 0 Å². The maximum Gasteiger partial charge on any atom is 0.274 e. The van der Waals surface area contributed by atoms with Gasteiger partial charge in [-0.1, -0.05) is 0 Å². The summed E-state index contributed by atoms with van der Waals surface area (Å²) >= 11 is 1.18. The lowest BCUT2D eigenvalue weighted by atomic mass is 9.85. The van der Waals surface area contributed by atoms with E-state index in [0.717, 1.165) is 11.1 Å². The molecule has 0 fully saturated rings. The van der Waals surface area contributed by atoms with E-state index in [2.05, 4.69) is 22.1 Å². The number of thiazole rings is 1. The first-order valence-corrected chi connectivity index (χ1v) is 9.05. The van der Waals surface area contributed by atoms with Gasteiger partial charge >= 0.3 is 0 Å². The van der Waals surface area contributed by atoms with Gasteiger partial charge in [0.15, 0.2) is 0 Å². The van der Waals surface area contributed by atoms with Crippen LogP contribution in [0.5, 0.6) is 0 Å². The van der Waals surface area contributed by atoms with Gasteiger partial charge in [0, 0.05) is 24.8 Å². The van der Waals surface area contributed by atoms with Gasteiger partial charge in [-0.25, -0.2) is 0 Å². The number of rotatable bonds is 2. The third-order valence-corrected chi connectivity index (χ3v) is 5.54. The van der Waals surface area contributed by atoms with Gasteiger partial charge < -0.3 is 5.73 Å². The Morgan fingerprint density at radius 2 is 1.64 bits per heavy atom. The summed E-state index contributed by atoms with van der Waals surface area (Å²) in [6.07, 6.45) is 8.16. The molecular weight excluding hydrogens is 372 g/mol. The van der Waals surface area contributed by atoms with Crippen molar-refractivity contribution in [3.05, 3.63) is 85.3 Å². The Morgan fingerprint density at radius 1 is 1.04 bits per heavy atom. The number of hydrogen-bond donors (Lipinski definition) is 1. The van der Waals surface area contributed by atoms with Crippen molar-refractivity contribution in [2.75, 3.05) is 0 Å². The molecule has 1 atom stereocenters. The van der Waals surface area contributed by atoms with Crippen LogP contribution in [0.15, 0.2) is 59.4 Å². The van der Waals surface area contributed by atoms with Crippen molar-refractivity contribution >= 4 is 28.8 Å². The Labute approximate surface area is 163 Å². The fraction of sp³-hybridized carbons (Fsp3) is 0.0500. The average Bonchev–Trinajstić information content (AvgIpc) is 3.05. The molecule has 7 nitrogen and oxygen atoms in total. The van der Waals surface area contributed by atoms with Crippen LogP contribution in [0.25, 0.3) is 17.5 Å². The van der Waals surface area contributed by atoms with Gasteiger partial charge in [0.2, 0.25) is 0 Å². The second kappa shape index (κ2) is 6.95. The molecule has 1 aliphatic heterocycles. The van der Waals surface area contributed by atoms with E-state index in [4.69, 9.17) is 5.73 Å². The predicted octanol–water partition coefficient (Wildman–Crippen LogP) is 0.651. The van der Waals surface area contributed by atoms with Crippen LogP contribution in [0, 0.1) is 22.7 Å². The first-order chi connectivity index (χ1) is 13.7. The third kappa shape index (κ3) is 2.69. The summed E-state index contributed by atoms with van der Waals surface area (Å²) in [7, 11) is 0. The highest BCUT2D eigenvalue weighted by Gasteiger charge is 2.31. The van der Waals surface area contributed by atoms with Gasteiger partial charge in [0.25, 0.3) is 5.56 Å². The number of pyridine rings is 2. The highest BCUT2D eigenvalue weighted by molar-refractivity contribution is 7.07. The zero-order valence-corrected chi connectivity index (χ0v) is 15.2. The van der Waals surface area contributed by atoms with Gasteiger partial charge in [-0.05, 0) is 41.5 Å². The van der Waals surface area contributed by atoms with Crippen LogP contribution in [0.1, 0.15) is 17.0 Å². The largest absolute Gasteiger partial charge is 0.384 e. The molecule has 0 aliphatic carbocycles. The van der Waals surface area contributed by atoms with E-state index in [9.17, 15) is 15.3 Å². The molecule has 0 bridgehead atoms. The van der Waals surface area contributed by atoms with Crippen molar-refractivity contribution in [1.29, 1.82) is 10.5 Å². The van der Waals surface area contributed by atoms with Gasteiger partial charge in [-0.3, -0.25) is 19.3 Å². The summed E-state index contributed by atoms with van der Waals surface area (Å²) in [6.45, 7) is 0. The molecule has 4 heterocycles. The molecule has 0 saturated heterocycles. The van der Waals surface area contributed by atoms with Crippen LogP contribution < -0.4 is 20.5 Å². The zero-order chi connectivity index (χ0) is 19.7. The predicted molar refractivity (Wildman–Crippen MR) is 105 cm³/mol. The molecule has 28 heavy (non-hydrogen) atoms. The highest BCUT2D eigenvalue weighted by atomic mass is 32.1. The SMILES string of the molecule is N#CC1=C(N)n2c(s/c(=C/c3ccncc3)c2=O)=C(C#N)[C@H]1c1ccncc1. The first kappa shape index (κ1) is 17.4. The average molecular weight is 384 g/mol. The standard InChI is InChI=1S/C20H12N6OS/c21-10-14-17(13-3-7-25-8-4-13)15(11-22)20-26(18(14)23)19(27)16(28-20)9-12-1-5-24-6-2-12/h1-9,17H,23H2/b16-9+/t17-/m0/s1. The molecule has 4 rings (SSSR count). The molecule has 1 aliphatic rings.